The summed E-state index contributed by atoms with van der Waals surface area (Å²) < 4.78 is 43.9. The third-order valence-corrected chi connectivity index (χ3v) is 4.44. The summed E-state index contributed by atoms with van der Waals surface area (Å²) in [5, 5.41) is 3.14. The Bertz CT molecular complexity index is 1240. The number of aryl methyl sites for hydroxylation is 1. The Hall–Kier alpha value is -4.14. The molecule has 9 heteroatoms. The summed E-state index contributed by atoms with van der Waals surface area (Å²) in [6, 6.07) is 18.5. The highest BCUT2D eigenvalue weighted by molar-refractivity contribution is 5.67. The number of nitrogens with zero attached hydrogens (tertiary/aromatic N) is 3. The molecule has 2 heterocycles. The van der Waals surface area contributed by atoms with Gasteiger partial charge in [0, 0.05) is 29.6 Å². The normalized spacial score (nSPS) is 11.2. The number of alkyl halides is 3. The summed E-state index contributed by atoms with van der Waals surface area (Å²) in [5.74, 6) is 1.05. The predicted molar refractivity (Wildman–Crippen MR) is 116 cm³/mol. The summed E-state index contributed by atoms with van der Waals surface area (Å²) in [6.07, 6.45) is -3.48. The molecular weight excluding hydrogens is 419 g/mol. The Kier molecular flexibility index (Phi) is 5.63. The van der Waals surface area contributed by atoms with E-state index < -0.39 is 11.9 Å². The SMILES string of the molecule is Cc1cccc(-c2cc(Nc3ccc(Oc4ccnc(C(F)(F)F)c4)cc3)nc(N)n2)c1. The molecule has 0 bridgehead atoms. The number of hydrogen-bond acceptors (Lipinski definition) is 6. The molecule has 0 fully saturated rings. The molecule has 32 heavy (non-hydrogen) atoms. The van der Waals surface area contributed by atoms with Gasteiger partial charge < -0.3 is 15.8 Å². The van der Waals surface area contributed by atoms with Gasteiger partial charge in [-0.1, -0.05) is 23.8 Å². The first kappa shape index (κ1) is 21.1. The van der Waals surface area contributed by atoms with Crippen molar-refractivity contribution in [2.45, 2.75) is 13.1 Å². The van der Waals surface area contributed by atoms with Gasteiger partial charge in [-0.15, -0.1) is 0 Å². The van der Waals surface area contributed by atoms with Crippen LogP contribution in [0.5, 0.6) is 11.5 Å². The van der Waals surface area contributed by atoms with Crippen LogP contribution in [0.25, 0.3) is 11.3 Å². The number of rotatable bonds is 5. The molecule has 4 aromatic rings. The molecule has 0 spiro atoms. The van der Waals surface area contributed by atoms with Crippen LogP contribution in [0.2, 0.25) is 0 Å². The topological polar surface area (TPSA) is 86.0 Å². The first-order valence-corrected chi connectivity index (χ1v) is 9.56. The third-order valence-electron chi connectivity index (χ3n) is 4.44. The molecular formula is C23H18F3N5O. The van der Waals surface area contributed by atoms with Gasteiger partial charge in [0.25, 0.3) is 0 Å². The second kappa shape index (κ2) is 8.54. The van der Waals surface area contributed by atoms with Crippen LogP contribution in [-0.4, -0.2) is 15.0 Å². The van der Waals surface area contributed by atoms with Gasteiger partial charge in [-0.2, -0.15) is 18.2 Å². The van der Waals surface area contributed by atoms with Crippen molar-refractivity contribution in [2.24, 2.45) is 0 Å². The average Bonchev–Trinajstić information content (AvgIpc) is 2.74. The van der Waals surface area contributed by atoms with Gasteiger partial charge in [-0.05, 0) is 43.3 Å². The van der Waals surface area contributed by atoms with E-state index in [-0.39, 0.29) is 11.7 Å². The lowest BCUT2D eigenvalue weighted by Gasteiger charge is -2.11. The summed E-state index contributed by atoms with van der Waals surface area (Å²) in [5.41, 5.74) is 8.25. The molecule has 0 aliphatic rings. The fourth-order valence-electron chi connectivity index (χ4n) is 3.00. The van der Waals surface area contributed by atoms with Crippen LogP contribution in [0.15, 0.2) is 72.9 Å². The number of ether oxygens (including phenoxy) is 1. The Labute approximate surface area is 181 Å². The minimum Gasteiger partial charge on any atom is -0.457 e. The lowest BCUT2D eigenvalue weighted by molar-refractivity contribution is -0.141. The van der Waals surface area contributed by atoms with E-state index in [0.717, 1.165) is 23.4 Å². The zero-order valence-electron chi connectivity index (χ0n) is 16.9. The molecule has 0 aliphatic carbocycles. The molecule has 0 radical (unpaired) electrons. The van der Waals surface area contributed by atoms with E-state index in [1.54, 1.807) is 30.3 Å². The molecule has 0 aliphatic heterocycles. The highest BCUT2D eigenvalue weighted by Crippen LogP contribution is 2.31. The standard InChI is InChI=1S/C23H18F3N5O/c1-14-3-2-4-15(11-14)19-13-21(31-22(27)30-19)29-16-5-7-17(8-6-16)32-18-9-10-28-20(12-18)23(24,25)26/h2-13H,1H3,(H3,27,29,30,31). The van der Waals surface area contributed by atoms with E-state index in [4.69, 9.17) is 10.5 Å². The molecule has 0 amide bonds. The van der Waals surface area contributed by atoms with Crippen LogP contribution in [0.1, 0.15) is 11.3 Å². The van der Waals surface area contributed by atoms with Crippen molar-refractivity contribution < 1.29 is 17.9 Å². The number of halogens is 3. The summed E-state index contributed by atoms with van der Waals surface area (Å²) >= 11 is 0. The Balaban J connectivity index is 1.50. The minimum absolute atomic E-state index is 0.0411. The number of aromatic nitrogens is 3. The molecule has 0 saturated carbocycles. The molecule has 0 saturated heterocycles. The lowest BCUT2D eigenvalue weighted by Crippen LogP contribution is -2.07. The van der Waals surface area contributed by atoms with Crippen LogP contribution in [0.4, 0.5) is 30.6 Å². The van der Waals surface area contributed by atoms with E-state index in [9.17, 15) is 13.2 Å². The number of nitrogens with two attached hydrogens (primary N) is 1. The van der Waals surface area contributed by atoms with Crippen molar-refractivity contribution in [3.05, 3.63) is 84.2 Å². The summed E-state index contributed by atoms with van der Waals surface area (Å²) in [4.78, 5) is 11.8. The quantitative estimate of drug-likeness (QED) is 0.399. The highest BCUT2D eigenvalue weighted by atomic mass is 19.4. The third kappa shape index (κ3) is 5.12. The van der Waals surface area contributed by atoms with Gasteiger partial charge in [0.15, 0.2) is 0 Å². The summed E-state index contributed by atoms with van der Waals surface area (Å²) in [7, 11) is 0. The number of benzene rings is 2. The van der Waals surface area contributed by atoms with Crippen LogP contribution in [-0.2, 0) is 6.18 Å². The maximum absolute atomic E-state index is 12.8. The molecule has 0 unspecified atom stereocenters. The number of anilines is 3. The van der Waals surface area contributed by atoms with Crippen LogP contribution < -0.4 is 15.8 Å². The lowest BCUT2D eigenvalue weighted by atomic mass is 10.1. The van der Waals surface area contributed by atoms with Gasteiger partial charge in [-0.25, -0.2) is 4.98 Å². The van der Waals surface area contributed by atoms with Gasteiger partial charge in [-0.3, -0.25) is 4.98 Å². The minimum atomic E-state index is -4.54. The van der Waals surface area contributed by atoms with Crippen molar-refractivity contribution in [1.29, 1.82) is 0 Å². The van der Waals surface area contributed by atoms with E-state index in [2.05, 4.69) is 20.3 Å². The van der Waals surface area contributed by atoms with Crippen molar-refractivity contribution >= 4 is 17.5 Å². The monoisotopic (exact) mass is 437 g/mol. The molecule has 2 aromatic heterocycles. The molecule has 162 valence electrons. The predicted octanol–water partition coefficient (Wildman–Crippen LogP) is 5.98. The second-order valence-corrected chi connectivity index (χ2v) is 6.99. The number of nitrogens with one attached hydrogen (secondary N) is 1. The van der Waals surface area contributed by atoms with Gasteiger partial charge in [0.05, 0.1) is 5.69 Å². The molecule has 0 atom stereocenters. The maximum Gasteiger partial charge on any atom is 0.433 e. The van der Waals surface area contributed by atoms with E-state index in [1.165, 1.54) is 6.07 Å². The van der Waals surface area contributed by atoms with Crippen molar-refractivity contribution in [2.75, 3.05) is 11.1 Å². The number of nitrogen functional groups attached to an aromatic ring is 1. The van der Waals surface area contributed by atoms with Gasteiger partial charge >= 0.3 is 6.18 Å². The molecule has 6 nitrogen and oxygen atoms in total. The van der Waals surface area contributed by atoms with Crippen LogP contribution in [0, 0.1) is 6.92 Å². The second-order valence-electron chi connectivity index (χ2n) is 6.99. The van der Waals surface area contributed by atoms with Crippen molar-refractivity contribution in [3.8, 4) is 22.8 Å². The molecule has 3 N–H and O–H groups in total. The fraction of sp³-hybridized carbons (Fsp3) is 0.0870. The Morgan fingerprint density at radius 2 is 1.69 bits per heavy atom. The van der Waals surface area contributed by atoms with Crippen molar-refractivity contribution in [1.82, 2.24) is 15.0 Å². The molecule has 4 rings (SSSR count). The smallest absolute Gasteiger partial charge is 0.433 e. The largest absolute Gasteiger partial charge is 0.457 e. The van der Waals surface area contributed by atoms with Crippen LogP contribution in [0.3, 0.4) is 0 Å². The number of hydrogen-bond donors (Lipinski definition) is 2. The average molecular weight is 437 g/mol. The Morgan fingerprint density at radius 1 is 0.906 bits per heavy atom. The zero-order chi connectivity index (χ0) is 22.7. The van der Waals surface area contributed by atoms with E-state index in [1.807, 2.05) is 31.2 Å². The first-order chi connectivity index (χ1) is 15.3. The fourth-order valence-corrected chi connectivity index (χ4v) is 3.00. The van der Waals surface area contributed by atoms with Gasteiger partial charge in [0.2, 0.25) is 5.95 Å². The zero-order valence-corrected chi connectivity index (χ0v) is 16.9. The maximum atomic E-state index is 12.8. The van der Waals surface area contributed by atoms with E-state index in [0.29, 0.717) is 22.9 Å². The van der Waals surface area contributed by atoms with Crippen LogP contribution >= 0.6 is 0 Å². The Morgan fingerprint density at radius 3 is 2.41 bits per heavy atom. The highest BCUT2D eigenvalue weighted by Gasteiger charge is 2.32. The van der Waals surface area contributed by atoms with Crippen molar-refractivity contribution in [3.63, 3.8) is 0 Å². The van der Waals surface area contributed by atoms with E-state index >= 15 is 0 Å². The summed E-state index contributed by atoms with van der Waals surface area (Å²) in [6.45, 7) is 1.99. The van der Waals surface area contributed by atoms with Gasteiger partial charge in [0.1, 0.15) is 23.0 Å². The first-order valence-electron chi connectivity index (χ1n) is 9.56. The molecule has 2 aromatic carbocycles. The number of pyridine rings is 1.